The Morgan fingerprint density at radius 1 is 0.927 bits per heavy atom. The standard InChI is InChI=1S/C34H44O7/c1-6-27(28-13-15-29(16-14-28)31(37)17-12-26-10-8-7-9-11-26)21-30(33(39)40-19-18-35)20-24(2)32(38)41-23-34(4,5)22-25(3)36/h7-17,24,27,30,35H,6,18-23H2,1-5H3. The van der Waals surface area contributed by atoms with Gasteiger partial charge in [0.25, 0.3) is 0 Å². The summed E-state index contributed by atoms with van der Waals surface area (Å²) in [5.74, 6) is -2.13. The fraction of sp³-hybridized carbons (Fsp3) is 0.471. The second kappa shape index (κ2) is 16.6. The number of ether oxygens (including phenoxy) is 2. The molecule has 0 amide bonds. The maximum absolute atomic E-state index is 12.9. The van der Waals surface area contributed by atoms with Gasteiger partial charge in [-0.15, -0.1) is 0 Å². The topological polar surface area (TPSA) is 107 Å². The molecule has 7 nitrogen and oxygen atoms in total. The number of aliphatic hydroxyl groups excluding tert-OH is 1. The van der Waals surface area contributed by atoms with Crippen molar-refractivity contribution < 1.29 is 33.8 Å². The van der Waals surface area contributed by atoms with E-state index in [1.165, 1.54) is 6.92 Å². The molecule has 0 spiro atoms. The van der Waals surface area contributed by atoms with Crippen molar-refractivity contribution in [1.29, 1.82) is 0 Å². The Bertz CT molecular complexity index is 1170. The molecule has 0 heterocycles. The van der Waals surface area contributed by atoms with E-state index in [0.717, 1.165) is 17.5 Å². The van der Waals surface area contributed by atoms with Crippen LogP contribution in [0.25, 0.3) is 6.08 Å². The number of carbonyl (C=O) groups is 4. The van der Waals surface area contributed by atoms with E-state index in [9.17, 15) is 19.2 Å². The van der Waals surface area contributed by atoms with Crippen molar-refractivity contribution in [2.45, 2.75) is 66.2 Å². The van der Waals surface area contributed by atoms with Crippen LogP contribution in [0.4, 0.5) is 0 Å². The van der Waals surface area contributed by atoms with Crippen LogP contribution in [0.5, 0.6) is 0 Å². The first-order valence-corrected chi connectivity index (χ1v) is 14.3. The SMILES string of the molecule is CCC(CC(CC(C)C(=O)OCC(C)(C)CC(C)=O)C(=O)OCCO)c1ccc(C(=O)C=Cc2ccccc2)cc1. The Morgan fingerprint density at radius 3 is 2.17 bits per heavy atom. The van der Waals surface area contributed by atoms with E-state index < -0.39 is 29.2 Å². The Hall–Kier alpha value is -3.58. The summed E-state index contributed by atoms with van der Waals surface area (Å²) in [4.78, 5) is 49.9. The van der Waals surface area contributed by atoms with Gasteiger partial charge in [-0.1, -0.05) is 88.4 Å². The molecule has 2 rings (SSSR count). The molecule has 0 fully saturated rings. The van der Waals surface area contributed by atoms with Crippen LogP contribution < -0.4 is 0 Å². The van der Waals surface area contributed by atoms with E-state index in [0.29, 0.717) is 18.4 Å². The maximum Gasteiger partial charge on any atom is 0.309 e. The highest BCUT2D eigenvalue weighted by Gasteiger charge is 2.30. The molecule has 0 aromatic heterocycles. The van der Waals surface area contributed by atoms with Crippen LogP contribution in [-0.2, 0) is 23.9 Å². The molecule has 41 heavy (non-hydrogen) atoms. The van der Waals surface area contributed by atoms with Gasteiger partial charge in [-0.05, 0) is 49.3 Å². The zero-order valence-corrected chi connectivity index (χ0v) is 24.9. The maximum atomic E-state index is 12.9. The molecule has 0 aliphatic rings. The predicted octanol–water partition coefficient (Wildman–Crippen LogP) is 6.19. The first-order valence-electron chi connectivity index (χ1n) is 14.3. The fourth-order valence-corrected chi connectivity index (χ4v) is 4.84. The van der Waals surface area contributed by atoms with Gasteiger partial charge in [-0.25, -0.2) is 0 Å². The Balaban J connectivity index is 2.10. The normalized spacial score (nSPS) is 13.8. The molecule has 0 radical (unpaired) electrons. The highest BCUT2D eigenvalue weighted by molar-refractivity contribution is 6.06. The van der Waals surface area contributed by atoms with E-state index >= 15 is 0 Å². The molecule has 0 bridgehead atoms. The van der Waals surface area contributed by atoms with E-state index in [1.807, 2.05) is 63.2 Å². The number of ketones is 2. The highest BCUT2D eigenvalue weighted by Crippen LogP contribution is 2.32. The Kier molecular flexibility index (Phi) is 13.6. The van der Waals surface area contributed by atoms with Crippen molar-refractivity contribution in [3.63, 3.8) is 0 Å². The summed E-state index contributed by atoms with van der Waals surface area (Å²) in [5.41, 5.74) is 2.02. The average Bonchev–Trinajstić information content (AvgIpc) is 2.95. The molecule has 2 aromatic rings. The first-order chi connectivity index (χ1) is 19.5. The number of Topliss-reactive ketones (excluding diaryl/α,β-unsaturated/α-hetero) is 1. The van der Waals surface area contributed by atoms with Crippen LogP contribution in [0.2, 0.25) is 0 Å². The van der Waals surface area contributed by atoms with Crippen molar-refractivity contribution in [2.75, 3.05) is 19.8 Å². The summed E-state index contributed by atoms with van der Waals surface area (Å²) in [5, 5.41) is 9.15. The smallest absolute Gasteiger partial charge is 0.309 e. The van der Waals surface area contributed by atoms with Gasteiger partial charge in [-0.3, -0.25) is 14.4 Å². The van der Waals surface area contributed by atoms with Gasteiger partial charge < -0.3 is 19.4 Å². The molecular weight excluding hydrogens is 520 g/mol. The molecule has 2 aromatic carbocycles. The molecule has 3 unspecified atom stereocenters. The lowest BCUT2D eigenvalue weighted by Crippen LogP contribution is -2.29. The number of aliphatic hydroxyl groups is 1. The second-order valence-corrected chi connectivity index (χ2v) is 11.4. The van der Waals surface area contributed by atoms with Gasteiger partial charge in [0.15, 0.2) is 5.78 Å². The van der Waals surface area contributed by atoms with Crippen molar-refractivity contribution >= 4 is 29.6 Å². The quantitative estimate of drug-likeness (QED) is 0.139. The van der Waals surface area contributed by atoms with Crippen LogP contribution in [0.3, 0.4) is 0 Å². The summed E-state index contributed by atoms with van der Waals surface area (Å²) in [6.45, 7) is 8.70. The van der Waals surface area contributed by atoms with Crippen LogP contribution in [0, 0.1) is 17.3 Å². The first kappa shape index (κ1) is 33.6. The number of hydrogen-bond acceptors (Lipinski definition) is 7. The summed E-state index contributed by atoms with van der Waals surface area (Å²) >= 11 is 0. The average molecular weight is 565 g/mol. The minimum absolute atomic E-state index is 0.0107. The number of allylic oxidation sites excluding steroid dienone is 1. The number of esters is 2. The van der Waals surface area contributed by atoms with Gasteiger partial charge in [0.1, 0.15) is 12.4 Å². The number of carbonyl (C=O) groups excluding carboxylic acids is 4. The van der Waals surface area contributed by atoms with Crippen molar-refractivity contribution in [1.82, 2.24) is 0 Å². The third-order valence-electron chi connectivity index (χ3n) is 7.00. The minimum atomic E-state index is -0.589. The molecule has 3 atom stereocenters. The Morgan fingerprint density at radius 2 is 1.59 bits per heavy atom. The third kappa shape index (κ3) is 11.8. The molecular formula is C34H44O7. The van der Waals surface area contributed by atoms with E-state index in [-0.39, 0.29) is 43.7 Å². The van der Waals surface area contributed by atoms with Crippen molar-refractivity contribution in [2.24, 2.45) is 17.3 Å². The lowest BCUT2D eigenvalue weighted by molar-refractivity contribution is -0.155. The molecule has 1 N–H and O–H groups in total. The van der Waals surface area contributed by atoms with E-state index in [1.54, 1.807) is 31.2 Å². The molecule has 0 aliphatic heterocycles. The molecule has 7 heteroatoms. The van der Waals surface area contributed by atoms with Gasteiger partial charge in [0.05, 0.1) is 25.0 Å². The van der Waals surface area contributed by atoms with Crippen LogP contribution in [0.1, 0.15) is 87.7 Å². The summed E-state index contributed by atoms with van der Waals surface area (Å²) in [6.07, 6.45) is 5.05. The van der Waals surface area contributed by atoms with Gasteiger partial charge in [0, 0.05) is 17.4 Å². The highest BCUT2D eigenvalue weighted by atomic mass is 16.5. The minimum Gasteiger partial charge on any atom is -0.465 e. The van der Waals surface area contributed by atoms with E-state index in [4.69, 9.17) is 14.6 Å². The fourth-order valence-electron chi connectivity index (χ4n) is 4.84. The Labute approximate surface area is 243 Å². The second-order valence-electron chi connectivity index (χ2n) is 11.4. The number of hydrogen-bond donors (Lipinski definition) is 1. The zero-order valence-electron chi connectivity index (χ0n) is 24.9. The number of rotatable bonds is 17. The van der Waals surface area contributed by atoms with Gasteiger partial charge >= 0.3 is 11.9 Å². The van der Waals surface area contributed by atoms with Crippen LogP contribution >= 0.6 is 0 Å². The summed E-state index contributed by atoms with van der Waals surface area (Å²) in [6, 6.07) is 17.0. The molecule has 222 valence electrons. The molecule has 0 aliphatic carbocycles. The summed E-state index contributed by atoms with van der Waals surface area (Å²) < 4.78 is 10.8. The van der Waals surface area contributed by atoms with Gasteiger partial charge in [0.2, 0.25) is 0 Å². The van der Waals surface area contributed by atoms with E-state index in [2.05, 4.69) is 0 Å². The third-order valence-corrected chi connectivity index (χ3v) is 7.00. The lowest BCUT2D eigenvalue weighted by Gasteiger charge is -2.26. The summed E-state index contributed by atoms with van der Waals surface area (Å²) in [7, 11) is 0. The number of benzene rings is 2. The van der Waals surface area contributed by atoms with Crippen molar-refractivity contribution in [3.05, 3.63) is 77.4 Å². The van der Waals surface area contributed by atoms with Gasteiger partial charge in [-0.2, -0.15) is 0 Å². The zero-order chi connectivity index (χ0) is 30.4. The molecule has 0 saturated heterocycles. The molecule has 0 saturated carbocycles. The monoisotopic (exact) mass is 564 g/mol. The van der Waals surface area contributed by atoms with Crippen molar-refractivity contribution in [3.8, 4) is 0 Å². The van der Waals surface area contributed by atoms with Crippen LogP contribution in [-0.4, -0.2) is 48.4 Å². The lowest BCUT2D eigenvalue weighted by atomic mass is 9.82. The largest absolute Gasteiger partial charge is 0.465 e. The predicted molar refractivity (Wildman–Crippen MR) is 159 cm³/mol. The van der Waals surface area contributed by atoms with Crippen LogP contribution in [0.15, 0.2) is 60.7 Å².